The molecule has 0 aromatic carbocycles. The van der Waals surface area contributed by atoms with Crippen molar-refractivity contribution in [2.75, 3.05) is 52.7 Å². The fourth-order valence-corrected chi connectivity index (χ4v) is 8.35. The third-order valence-electron chi connectivity index (χ3n) is 12.7. The van der Waals surface area contributed by atoms with E-state index in [0.29, 0.717) is 32.2 Å². The molecule has 29 heteroatoms. The number of aliphatic hydroxyl groups excluding tert-OH is 13. The Balaban J connectivity index is 1.31. The molecule has 0 aromatic heterocycles. The summed E-state index contributed by atoms with van der Waals surface area (Å²) >= 11 is 0. The molecule has 0 bridgehead atoms. The predicted octanol–water partition coefficient (Wildman–Crippen LogP) is -8.34. The number of rotatable bonds is 29. The summed E-state index contributed by atoms with van der Waals surface area (Å²) in [6, 6.07) is -1.05. The number of hydrogen-bond donors (Lipinski definition) is 17. The molecular formula is C44H78N4O25. The quantitative estimate of drug-likeness (QED) is 0.0309. The Morgan fingerprint density at radius 1 is 0.493 bits per heavy atom. The average Bonchev–Trinajstić information content (AvgIpc) is 3.36. The van der Waals surface area contributed by atoms with Crippen LogP contribution in [0.15, 0.2) is 0 Å². The number of aliphatic hydroxyl groups is 13. The molecule has 0 radical (unpaired) electrons. The highest BCUT2D eigenvalue weighted by atomic mass is 16.8. The van der Waals surface area contributed by atoms with Gasteiger partial charge in [-0.2, -0.15) is 0 Å². The molecule has 424 valence electrons. The van der Waals surface area contributed by atoms with Crippen molar-refractivity contribution in [1.29, 1.82) is 0 Å². The molecule has 4 heterocycles. The van der Waals surface area contributed by atoms with Gasteiger partial charge in [0.25, 0.3) is 0 Å². The highest BCUT2D eigenvalue weighted by molar-refractivity contribution is 5.87. The maximum absolute atomic E-state index is 13.5. The van der Waals surface area contributed by atoms with E-state index in [2.05, 4.69) is 21.3 Å². The summed E-state index contributed by atoms with van der Waals surface area (Å²) in [5.74, 6) is -1.58. The van der Waals surface area contributed by atoms with Gasteiger partial charge >= 0.3 is 0 Å². The first-order valence-corrected chi connectivity index (χ1v) is 24.7. The second-order valence-electron chi connectivity index (χ2n) is 18.3. The Morgan fingerprint density at radius 3 is 1.56 bits per heavy atom. The zero-order valence-electron chi connectivity index (χ0n) is 40.9. The van der Waals surface area contributed by atoms with Gasteiger partial charge in [-0.3, -0.25) is 19.2 Å². The first kappa shape index (κ1) is 62.6. The molecule has 29 nitrogen and oxygen atoms in total. The molecule has 17 N–H and O–H groups in total. The average molecular weight is 1060 g/mol. The van der Waals surface area contributed by atoms with Gasteiger partial charge in [-0.15, -0.1) is 0 Å². The summed E-state index contributed by atoms with van der Waals surface area (Å²) in [7, 11) is 0. The summed E-state index contributed by atoms with van der Waals surface area (Å²) in [5, 5.41) is 145. The van der Waals surface area contributed by atoms with Crippen molar-refractivity contribution in [3.05, 3.63) is 0 Å². The van der Waals surface area contributed by atoms with Crippen molar-refractivity contribution < 1.29 is 123 Å². The van der Waals surface area contributed by atoms with Crippen LogP contribution in [0.25, 0.3) is 0 Å². The number of carbonyl (C=O) groups excluding carboxylic acids is 4. The summed E-state index contributed by atoms with van der Waals surface area (Å²) in [4.78, 5) is 50.9. The largest absolute Gasteiger partial charge is 0.394 e. The second kappa shape index (κ2) is 31.3. The molecule has 4 aliphatic rings. The van der Waals surface area contributed by atoms with Gasteiger partial charge in [0.05, 0.1) is 39.1 Å². The minimum absolute atomic E-state index is 0.0415. The lowest BCUT2D eigenvalue weighted by molar-refractivity contribution is -0.366. The highest BCUT2D eigenvalue weighted by Crippen LogP contribution is 2.31. The maximum atomic E-state index is 13.5. The number of amides is 4. The van der Waals surface area contributed by atoms with Gasteiger partial charge in [-0.05, 0) is 39.5 Å². The Labute approximate surface area is 420 Å². The van der Waals surface area contributed by atoms with Crippen molar-refractivity contribution in [3.63, 3.8) is 0 Å². The van der Waals surface area contributed by atoms with Crippen LogP contribution in [0.2, 0.25) is 0 Å². The summed E-state index contributed by atoms with van der Waals surface area (Å²) < 4.78 is 44.3. The van der Waals surface area contributed by atoms with Crippen molar-refractivity contribution in [1.82, 2.24) is 21.3 Å². The van der Waals surface area contributed by atoms with Gasteiger partial charge in [0.2, 0.25) is 23.6 Å². The van der Waals surface area contributed by atoms with E-state index in [1.807, 2.05) is 0 Å². The van der Waals surface area contributed by atoms with E-state index < -0.39 is 161 Å². The van der Waals surface area contributed by atoms with Crippen LogP contribution >= 0.6 is 0 Å². The molecule has 4 aliphatic heterocycles. The molecule has 4 amide bonds. The van der Waals surface area contributed by atoms with Crippen molar-refractivity contribution >= 4 is 23.6 Å². The van der Waals surface area contributed by atoms with Crippen molar-refractivity contribution in [3.8, 4) is 0 Å². The van der Waals surface area contributed by atoms with Gasteiger partial charge in [0.1, 0.15) is 97.6 Å². The predicted molar refractivity (Wildman–Crippen MR) is 241 cm³/mol. The first-order valence-electron chi connectivity index (χ1n) is 24.7. The first-order chi connectivity index (χ1) is 34.7. The van der Waals surface area contributed by atoms with E-state index in [-0.39, 0.29) is 70.2 Å². The zero-order valence-corrected chi connectivity index (χ0v) is 40.9. The van der Waals surface area contributed by atoms with Gasteiger partial charge in [0.15, 0.2) is 25.2 Å². The smallest absolute Gasteiger partial charge is 0.242 e. The summed E-state index contributed by atoms with van der Waals surface area (Å²) in [6.07, 6.45) is -29.9. The molecule has 0 spiro atoms. The molecule has 4 rings (SSSR count). The lowest BCUT2D eigenvalue weighted by Gasteiger charge is -2.46. The molecule has 0 unspecified atom stereocenters. The van der Waals surface area contributed by atoms with Crippen LogP contribution in [0.4, 0.5) is 0 Å². The summed E-state index contributed by atoms with van der Waals surface area (Å²) in [6.45, 7) is 0.819. The SMILES string of the molecule is CCNC(=O)CCCCC[C@H](NC(=O)CCCCC(=O)NCCO[C@@H]1O[C@@H](C)[C@@H](O)[C@@H](O)[C@@H]1O)C(=O)NCCO[C@H]1O[C@H](CO[C@H]2O[C@H](CO)[C@@H](O)[C@H](O)[C@@H]2O)[C@@H](O)[C@H](O[C@H]2O[C@H](CO)[C@@H](O)[C@H](O)[C@@H]2O)[C@@H]1O. The van der Waals surface area contributed by atoms with Gasteiger partial charge in [-0.25, -0.2) is 0 Å². The number of ether oxygens (including phenoxy) is 8. The normalized spacial score (nSPS) is 37.2. The monoisotopic (exact) mass is 1060 g/mol. The molecule has 0 aromatic rings. The van der Waals surface area contributed by atoms with Gasteiger partial charge in [-0.1, -0.05) is 12.8 Å². The Hall–Kier alpha value is -2.96. The third kappa shape index (κ3) is 18.3. The fourth-order valence-electron chi connectivity index (χ4n) is 8.35. The van der Waals surface area contributed by atoms with Gasteiger partial charge < -0.3 is 126 Å². The third-order valence-corrected chi connectivity index (χ3v) is 12.7. The standard InChI is InChI=1S/C44H78N4O25/c1-3-45-25(51)10-6-4-5-9-21(48-27(53)12-8-7-11-26(52)46-13-15-66-41-35(61)32(58)28(54)20(2)69-41)40(65)47-14-16-67-43-38(64)39(73-44-37(63)34(60)30(56)23(18-50)71-44)31(57)24(72-43)19-68-42-36(62)33(59)29(55)22(17-49)70-42/h20-24,28-39,41-44,49-50,54-64H,3-19H2,1-2H3,(H,45,51)(H,46,52)(H,47,65)(H,48,53)/t20-,21-,22+,23+,24+,28+,29+,30+,31+,32+,33-,34-,35-,36-,37-,38-,39-,41+,42-,43-,44+/m0/s1. The van der Waals surface area contributed by atoms with Crippen LogP contribution in [0.5, 0.6) is 0 Å². The lowest BCUT2D eigenvalue weighted by Crippen LogP contribution is -2.65. The molecule has 21 atom stereocenters. The van der Waals surface area contributed by atoms with Crippen LogP contribution < -0.4 is 21.3 Å². The number of nitrogens with one attached hydrogen (secondary N) is 4. The molecule has 4 fully saturated rings. The second-order valence-corrected chi connectivity index (χ2v) is 18.3. The molecule has 4 saturated heterocycles. The van der Waals surface area contributed by atoms with Crippen molar-refractivity contribution in [2.24, 2.45) is 0 Å². The van der Waals surface area contributed by atoms with Crippen LogP contribution in [0, 0.1) is 0 Å². The van der Waals surface area contributed by atoms with Crippen molar-refractivity contribution in [2.45, 2.75) is 201 Å². The van der Waals surface area contributed by atoms with Crippen LogP contribution in [-0.4, -0.2) is 272 Å². The number of unbranched alkanes of at least 4 members (excludes halogenated alkanes) is 3. The topological polar surface area (TPSA) is 453 Å². The van der Waals surface area contributed by atoms with E-state index in [1.165, 1.54) is 6.92 Å². The fraction of sp³-hybridized carbons (Fsp3) is 0.909. The Bertz CT molecular complexity index is 1660. The van der Waals surface area contributed by atoms with E-state index in [4.69, 9.17) is 37.9 Å². The van der Waals surface area contributed by atoms with Gasteiger partial charge in [0, 0.05) is 38.9 Å². The van der Waals surface area contributed by atoms with Crippen LogP contribution in [-0.2, 0) is 57.1 Å². The number of hydrogen-bond acceptors (Lipinski definition) is 25. The van der Waals surface area contributed by atoms with E-state index in [0.717, 1.165) is 0 Å². The highest BCUT2D eigenvalue weighted by Gasteiger charge is 2.52. The van der Waals surface area contributed by atoms with Crippen LogP contribution in [0.1, 0.15) is 71.6 Å². The molecule has 0 saturated carbocycles. The Kier molecular flexibility index (Phi) is 26.8. The van der Waals surface area contributed by atoms with E-state index >= 15 is 0 Å². The summed E-state index contributed by atoms with van der Waals surface area (Å²) in [5.41, 5.74) is 0. The number of carbonyl (C=O) groups is 4. The molecule has 0 aliphatic carbocycles. The van der Waals surface area contributed by atoms with Crippen LogP contribution in [0.3, 0.4) is 0 Å². The minimum atomic E-state index is -1.96. The zero-order chi connectivity index (χ0) is 53.9. The minimum Gasteiger partial charge on any atom is -0.394 e. The lowest BCUT2D eigenvalue weighted by atomic mass is 9.96. The maximum Gasteiger partial charge on any atom is 0.242 e. The Morgan fingerprint density at radius 2 is 0.973 bits per heavy atom. The van der Waals surface area contributed by atoms with E-state index in [1.54, 1.807) is 6.92 Å². The molecular weight excluding hydrogens is 984 g/mol. The molecule has 73 heavy (non-hydrogen) atoms. The van der Waals surface area contributed by atoms with E-state index in [9.17, 15) is 85.6 Å².